The van der Waals surface area contributed by atoms with Crippen molar-refractivity contribution < 1.29 is 18.8 Å². The van der Waals surface area contributed by atoms with E-state index in [4.69, 9.17) is 0 Å². The molecule has 1 aliphatic heterocycles. The van der Waals surface area contributed by atoms with Crippen LogP contribution in [0, 0.1) is 11.7 Å². The third-order valence-corrected chi connectivity index (χ3v) is 8.28. The van der Waals surface area contributed by atoms with Crippen molar-refractivity contribution in [2.45, 2.75) is 96.3 Å². The number of hydrogen-bond acceptors (Lipinski definition) is 3. The minimum Gasteiger partial charge on any atom is -0.351 e. The average molecular weight is 483 g/mol. The summed E-state index contributed by atoms with van der Waals surface area (Å²) in [6, 6.07) is 4.39. The molecule has 0 saturated heterocycles. The molecule has 188 valence electrons. The summed E-state index contributed by atoms with van der Waals surface area (Å²) >= 11 is 0. The van der Waals surface area contributed by atoms with Crippen molar-refractivity contribution in [3.05, 3.63) is 29.7 Å². The maximum Gasteiger partial charge on any atom is 0.273 e. The van der Waals surface area contributed by atoms with E-state index in [-0.39, 0.29) is 36.3 Å². The van der Waals surface area contributed by atoms with Crippen molar-refractivity contribution >= 4 is 34.3 Å². The van der Waals surface area contributed by atoms with Crippen LogP contribution in [0.25, 0.3) is 10.9 Å². The normalized spacial score (nSPS) is 27.2. The molecule has 0 radical (unpaired) electrons. The number of amides is 3. The molecule has 2 aliphatic carbocycles. The van der Waals surface area contributed by atoms with Gasteiger partial charge in [0.05, 0.1) is 17.7 Å². The molecule has 2 aromatic rings. The summed E-state index contributed by atoms with van der Waals surface area (Å²) in [7, 11) is 0. The van der Waals surface area contributed by atoms with Crippen LogP contribution in [-0.4, -0.2) is 44.8 Å². The zero-order chi connectivity index (χ0) is 24.9. The molecule has 5 rings (SSSR count). The van der Waals surface area contributed by atoms with Crippen molar-refractivity contribution in [3.63, 3.8) is 0 Å². The highest BCUT2D eigenvalue weighted by molar-refractivity contribution is 6.14. The third-order valence-electron chi connectivity index (χ3n) is 8.28. The van der Waals surface area contributed by atoms with Gasteiger partial charge in [-0.3, -0.25) is 14.4 Å². The number of aromatic nitrogens is 1. The van der Waals surface area contributed by atoms with E-state index in [1.807, 2.05) is 6.92 Å². The van der Waals surface area contributed by atoms with Gasteiger partial charge in [0, 0.05) is 24.4 Å². The smallest absolute Gasteiger partial charge is 0.273 e. The Morgan fingerprint density at radius 3 is 2.43 bits per heavy atom. The van der Waals surface area contributed by atoms with Crippen molar-refractivity contribution in [1.29, 1.82) is 0 Å². The third kappa shape index (κ3) is 4.10. The van der Waals surface area contributed by atoms with Crippen LogP contribution in [0.2, 0.25) is 0 Å². The van der Waals surface area contributed by atoms with Gasteiger partial charge in [0.1, 0.15) is 17.1 Å². The summed E-state index contributed by atoms with van der Waals surface area (Å²) < 4.78 is 16.1. The van der Waals surface area contributed by atoms with Gasteiger partial charge in [-0.25, -0.2) is 4.39 Å². The lowest BCUT2D eigenvalue weighted by molar-refractivity contribution is -0.135. The highest BCUT2D eigenvalue weighted by Crippen LogP contribution is 2.42. The quantitative estimate of drug-likeness (QED) is 0.669. The van der Waals surface area contributed by atoms with Gasteiger partial charge in [0.2, 0.25) is 11.8 Å². The van der Waals surface area contributed by atoms with Crippen LogP contribution >= 0.6 is 0 Å². The summed E-state index contributed by atoms with van der Waals surface area (Å²) in [5.41, 5.74) is 0.191. The zero-order valence-corrected chi connectivity index (χ0v) is 20.8. The van der Waals surface area contributed by atoms with E-state index in [2.05, 4.69) is 17.6 Å². The maximum atomic E-state index is 14.3. The largest absolute Gasteiger partial charge is 0.351 e. The number of fused-ring (bicyclic) bond motifs is 3. The lowest BCUT2D eigenvalue weighted by Crippen LogP contribution is -2.67. The molecule has 2 heterocycles. The second-order valence-corrected chi connectivity index (χ2v) is 11.0. The lowest BCUT2D eigenvalue weighted by atomic mass is 9.82. The van der Waals surface area contributed by atoms with E-state index < -0.39 is 11.4 Å². The molecule has 1 atom stereocenters. The first-order valence-electron chi connectivity index (χ1n) is 12.9. The fourth-order valence-electron chi connectivity index (χ4n) is 6.40. The van der Waals surface area contributed by atoms with E-state index in [1.165, 1.54) is 19.1 Å². The van der Waals surface area contributed by atoms with Gasteiger partial charge < -0.3 is 20.1 Å². The van der Waals surface area contributed by atoms with E-state index in [0.717, 1.165) is 51.4 Å². The summed E-state index contributed by atoms with van der Waals surface area (Å²) in [6.45, 7) is 5.72. The van der Waals surface area contributed by atoms with Crippen LogP contribution in [-0.2, 0) is 16.1 Å². The molecule has 1 aromatic heterocycles. The van der Waals surface area contributed by atoms with Gasteiger partial charge in [0.15, 0.2) is 0 Å². The number of anilines is 1. The van der Waals surface area contributed by atoms with Crippen molar-refractivity contribution in [2.75, 3.05) is 5.32 Å². The van der Waals surface area contributed by atoms with E-state index >= 15 is 0 Å². The maximum absolute atomic E-state index is 14.3. The Kier molecular flexibility index (Phi) is 6.09. The average Bonchev–Trinajstić information content (AvgIpc) is 3.41. The molecule has 7 nitrogen and oxygen atoms in total. The second-order valence-electron chi connectivity index (χ2n) is 11.0. The van der Waals surface area contributed by atoms with Gasteiger partial charge >= 0.3 is 0 Å². The highest BCUT2D eigenvalue weighted by atomic mass is 19.1. The number of hydrogen-bond donors (Lipinski definition) is 2. The van der Waals surface area contributed by atoms with E-state index in [0.29, 0.717) is 28.2 Å². The fraction of sp³-hybridized carbons (Fsp3) is 0.593. The Bertz CT molecular complexity index is 1180. The first-order valence-corrected chi connectivity index (χ1v) is 12.9. The molecule has 3 aliphatic rings. The number of halogens is 1. The predicted molar refractivity (Wildman–Crippen MR) is 133 cm³/mol. The summed E-state index contributed by atoms with van der Waals surface area (Å²) in [5.74, 6) is -0.594. The highest BCUT2D eigenvalue weighted by Gasteiger charge is 2.52. The van der Waals surface area contributed by atoms with Crippen LogP contribution < -0.4 is 10.6 Å². The standard InChI is InChI=1S/C27H35FN4O3/c1-16-8-11-20(12-9-16)32-25(34)24-23(29-17(2)33)21-14-18(28)10-13-22(21)31(24)15-27(32,3)26(35)30-19-6-4-5-7-19/h10,13-14,16,19-20H,4-9,11-12,15H2,1-3H3,(H,29,33)(H,30,35)/t16?,20?,27-/m0/s1. The zero-order valence-electron chi connectivity index (χ0n) is 20.8. The molecule has 2 N–H and O–H groups in total. The molecule has 1 aromatic carbocycles. The van der Waals surface area contributed by atoms with Gasteiger partial charge in [0.25, 0.3) is 5.91 Å². The van der Waals surface area contributed by atoms with Crippen molar-refractivity contribution in [2.24, 2.45) is 5.92 Å². The molecule has 2 saturated carbocycles. The molecule has 8 heteroatoms. The van der Waals surface area contributed by atoms with Crippen LogP contribution in [0.15, 0.2) is 18.2 Å². The first kappa shape index (κ1) is 23.8. The molecule has 3 amide bonds. The van der Waals surface area contributed by atoms with E-state index in [9.17, 15) is 18.8 Å². The SMILES string of the molecule is CC(=O)Nc1c2n(c3ccc(F)cc13)C[C@@](C)(C(=O)NC1CCCC1)N(C1CCC(C)CC1)C2=O. The van der Waals surface area contributed by atoms with Crippen molar-refractivity contribution in [3.8, 4) is 0 Å². The monoisotopic (exact) mass is 482 g/mol. The van der Waals surface area contributed by atoms with Gasteiger partial charge in [-0.2, -0.15) is 0 Å². The molecular weight excluding hydrogens is 447 g/mol. The Morgan fingerprint density at radius 2 is 1.77 bits per heavy atom. The molecular formula is C27H35FN4O3. The van der Waals surface area contributed by atoms with E-state index in [1.54, 1.807) is 15.5 Å². The molecule has 0 unspecified atom stereocenters. The number of carbonyl (C=O) groups excluding carboxylic acids is 3. The Morgan fingerprint density at radius 1 is 1.09 bits per heavy atom. The molecule has 2 fully saturated rings. The summed E-state index contributed by atoms with van der Waals surface area (Å²) in [5, 5.41) is 6.50. The lowest BCUT2D eigenvalue weighted by Gasteiger charge is -2.49. The van der Waals surface area contributed by atoms with Gasteiger partial charge in [-0.15, -0.1) is 0 Å². The van der Waals surface area contributed by atoms with Gasteiger partial charge in [-0.05, 0) is 69.6 Å². The predicted octanol–water partition coefficient (Wildman–Crippen LogP) is 4.59. The Labute approximate surface area is 205 Å². The summed E-state index contributed by atoms with van der Waals surface area (Å²) in [6.07, 6.45) is 7.79. The van der Waals surface area contributed by atoms with Gasteiger partial charge in [-0.1, -0.05) is 19.8 Å². The minimum absolute atomic E-state index is 0.0632. The molecule has 0 spiro atoms. The van der Waals surface area contributed by atoms with Crippen LogP contribution in [0.5, 0.6) is 0 Å². The number of nitrogens with one attached hydrogen (secondary N) is 2. The minimum atomic E-state index is -1.09. The van der Waals surface area contributed by atoms with Crippen LogP contribution in [0.1, 0.15) is 82.6 Å². The number of rotatable bonds is 4. The topological polar surface area (TPSA) is 83.4 Å². The number of benzene rings is 1. The van der Waals surface area contributed by atoms with Crippen LogP contribution in [0.3, 0.4) is 0 Å². The van der Waals surface area contributed by atoms with Crippen molar-refractivity contribution in [1.82, 2.24) is 14.8 Å². The Hall–Kier alpha value is -2.90. The second kappa shape index (κ2) is 8.95. The first-order chi connectivity index (χ1) is 16.7. The van der Waals surface area contributed by atoms with Crippen LogP contribution in [0.4, 0.5) is 10.1 Å². The number of nitrogens with zero attached hydrogens (tertiary/aromatic N) is 2. The summed E-state index contributed by atoms with van der Waals surface area (Å²) in [4.78, 5) is 42.0. The Balaban J connectivity index is 1.64. The fourth-order valence-corrected chi connectivity index (χ4v) is 6.40. The molecule has 0 bridgehead atoms. The number of carbonyl (C=O) groups is 3. The molecule has 35 heavy (non-hydrogen) atoms.